The van der Waals surface area contributed by atoms with E-state index in [0.717, 1.165) is 20.5 Å². The summed E-state index contributed by atoms with van der Waals surface area (Å²) in [5.74, 6) is 0.317. The second-order valence-electron chi connectivity index (χ2n) is 4.85. The number of halogens is 1. The first-order valence-corrected chi connectivity index (χ1v) is 8.48. The van der Waals surface area contributed by atoms with Crippen molar-refractivity contribution in [1.29, 1.82) is 0 Å². The van der Waals surface area contributed by atoms with Crippen molar-refractivity contribution in [3.05, 3.63) is 68.0 Å². The number of aliphatic imine (C=N–C) groups is 1. The van der Waals surface area contributed by atoms with Gasteiger partial charge in [-0.15, -0.1) is 0 Å². The van der Waals surface area contributed by atoms with E-state index < -0.39 is 0 Å². The van der Waals surface area contributed by atoms with Gasteiger partial charge in [0.2, 0.25) is 5.78 Å². The summed E-state index contributed by atoms with van der Waals surface area (Å²) in [7, 11) is 0. The highest BCUT2D eigenvalue weighted by Crippen LogP contribution is 2.17. The number of ketones is 1. The molecule has 120 valence electrons. The standard InChI is InChI=1S/C16H11BrN4O2S/c17-10-2-4-14(20-8-10)19-6-5-11(18)15(22)9-1-3-12-13(7-9)24-16(23)21-12/h1-8H,18H2,(H,21,23)/p+1. The average molecular weight is 404 g/mol. The molecule has 0 aliphatic carbocycles. The molecule has 4 N–H and O–H groups in total. The number of hydrogen-bond donors (Lipinski definition) is 2. The Morgan fingerprint density at radius 3 is 2.92 bits per heavy atom. The van der Waals surface area contributed by atoms with Crippen LogP contribution in [-0.4, -0.2) is 17.0 Å². The summed E-state index contributed by atoms with van der Waals surface area (Å²) in [6.07, 6.45) is 4.66. The van der Waals surface area contributed by atoms with Gasteiger partial charge in [-0.05, 0) is 45.2 Å². The molecule has 3 rings (SSSR count). The zero-order chi connectivity index (χ0) is 17.1. The number of nitrogens with zero attached hydrogens (tertiary/aromatic N) is 1. The maximum absolute atomic E-state index is 12.3. The van der Waals surface area contributed by atoms with Crippen molar-refractivity contribution in [2.45, 2.75) is 0 Å². The normalized spacial score (nSPS) is 12.1. The third kappa shape index (κ3) is 3.66. The van der Waals surface area contributed by atoms with Gasteiger partial charge in [-0.1, -0.05) is 11.3 Å². The van der Waals surface area contributed by atoms with E-state index in [2.05, 4.69) is 30.9 Å². The Balaban J connectivity index is 1.79. The van der Waals surface area contributed by atoms with Crippen LogP contribution >= 0.6 is 27.3 Å². The lowest BCUT2D eigenvalue weighted by molar-refractivity contribution is -0.363. The van der Waals surface area contributed by atoms with E-state index in [9.17, 15) is 9.59 Å². The zero-order valence-corrected chi connectivity index (χ0v) is 14.6. The van der Waals surface area contributed by atoms with Crippen LogP contribution in [0.3, 0.4) is 0 Å². The minimum Gasteiger partial charge on any atom is -0.395 e. The van der Waals surface area contributed by atoms with Crippen LogP contribution in [0.1, 0.15) is 10.4 Å². The van der Waals surface area contributed by atoms with Gasteiger partial charge in [0, 0.05) is 17.7 Å². The van der Waals surface area contributed by atoms with Crippen LogP contribution < -0.4 is 15.6 Å². The second kappa shape index (κ2) is 6.90. The van der Waals surface area contributed by atoms with Crippen molar-refractivity contribution >= 4 is 55.3 Å². The molecule has 0 amide bonds. The number of pyridine rings is 1. The molecule has 24 heavy (non-hydrogen) atoms. The summed E-state index contributed by atoms with van der Waals surface area (Å²) in [5.41, 5.74) is 7.02. The number of aromatic amines is 2. The lowest BCUT2D eigenvalue weighted by Gasteiger charge is -1.99. The molecule has 3 aromatic rings. The molecule has 6 nitrogen and oxygen atoms in total. The number of nitrogens with one attached hydrogen (secondary N) is 2. The molecule has 8 heteroatoms. The number of fused-ring (bicyclic) bond motifs is 1. The fraction of sp³-hybridized carbons (Fsp3) is 0. The average Bonchev–Trinajstić information content (AvgIpc) is 2.95. The van der Waals surface area contributed by atoms with Crippen molar-refractivity contribution < 1.29 is 9.78 Å². The van der Waals surface area contributed by atoms with Crippen molar-refractivity contribution in [2.24, 2.45) is 10.7 Å². The monoisotopic (exact) mass is 403 g/mol. The van der Waals surface area contributed by atoms with Gasteiger partial charge in [0.25, 0.3) is 0 Å². The Hall–Kier alpha value is -2.58. The maximum atomic E-state index is 12.3. The molecule has 0 atom stereocenters. The van der Waals surface area contributed by atoms with Crippen LogP contribution in [-0.2, 0) is 0 Å². The Morgan fingerprint density at radius 1 is 1.33 bits per heavy atom. The predicted molar refractivity (Wildman–Crippen MR) is 97.9 cm³/mol. The van der Waals surface area contributed by atoms with E-state index in [-0.39, 0.29) is 16.4 Å². The molecular weight excluding hydrogens is 392 g/mol. The summed E-state index contributed by atoms with van der Waals surface area (Å²) in [5, 5.41) is 0. The number of thiazole rings is 1. The minimum absolute atomic E-state index is 0.0677. The van der Waals surface area contributed by atoms with Crippen LogP contribution in [0, 0.1) is 0 Å². The maximum Gasteiger partial charge on any atom is 0.320 e. The molecule has 1 aromatic carbocycles. The number of H-pyrrole nitrogens is 2. The van der Waals surface area contributed by atoms with Crippen LogP contribution in [0.5, 0.6) is 0 Å². The molecule has 0 aliphatic rings. The fourth-order valence-electron chi connectivity index (χ4n) is 2.00. The van der Waals surface area contributed by atoms with Crippen LogP contribution in [0.25, 0.3) is 10.2 Å². The zero-order valence-electron chi connectivity index (χ0n) is 12.2. The van der Waals surface area contributed by atoms with E-state index in [1.807, 2.05) is 6.07 Å². The summed E-state index contributed by atoms with van der Waals surface area (Å²) < 4.78 is 1.63. The van der Waals surface area contributed by atoms with Crippen molar-refractivity contribution in [3.8, 4) is 0 Å². The highest BCUT2D eigenvalue weighted by Gasteiger charge is 2.11. The highest BCUT2D eigenvalue weighted by atomic mass is 79.9. The molecule has 0 spiro atoms. The lowest BCUT2D eigenvalue weighted by Crippen LogP contribution is -2.11. The van der Waals surface area contributed by atoms with Gasteiger partial charge in [0.05, 0.1) is 20.4 Å². The molecular formula is C16H12BrN4O2S+. The molecule has 0 unspecified atom stereocenters. The first-order valence-electron chi connectivity index (χ1n) is 6.87. The minimum atomic E-state index is -0.316. The first kappa shape index (κ1) is 16.3. The molecule has 0 saturated carbocycles. The molecule has 0 fully saturated rings. The molecule has 0 radical (unpaired) electrons. The summed E-state index contributed by atoms with van der Waals surface area (Å²) in [4.78, 5) is 33.3. The van der Waals surface area contributed by atoms with Gasteiger partial charge in [-0.25, -0.2) is 4.98 Å². The Morgan fingerprint density at radius 2 is 2.17 bits per heavy atom. The number of hydrogen-bond acceptors (Lipinski definition) is 5. The predicted octanol–water partition coefficient (Wildman–Crippen LogP) is 2.59. The highest BCUT2D eigenvalue weighted by molar-refractivity contribution is 9.10. The van der Waals surface area contributed by atoms with E-state index >= 15 is 0 Å². The lowest BCUT2D eigenvalue weighted by atomic mass is 10.1. The first-order chi connectivity index (χ1) is 11.5. The van der Waals surface area contributed by atoms with Gasteiger partial charge in [-0.3, -0.25) is 9.59 Å². The summed E-state index contributed by atoms with van der Waals surface area (Å²) in [6.45, 7) is 0. The van der Waals surface area contributed by atoms with Crippen LogP contribution in [0.15, 0.2) is 62.6 Å². The second-order valence-corrected chi connectivity index (χ2v) is 6.78. The number of nitrogens with two attached hydrogens (primary N) is 1. The number of Topliss-reactive ketones (excluding diaryl/α,β-unsaturated/α-hetero) is 1. The van der Waals surface area contributed by atoms with E-state index in [0.29, 0.717) is 16.9 Å². The Kier molecular flexibility index (Phi) is 4.68. The molecule has 0 bridgehead atoms. The fourth-order valence-corrected chi connectivity index (χ4v) is 3.03. The van der Waals surface area contributed by atoms with Crippen molar-refractivity contribution in [1.82, 2.24) is 4.98 Å². The van der Waals surface area contributed by atoms with Crippen LogP contribution in [0.2, 0.25) is 0 Å². The van der Waals surface area contributed by atoms with Gasteiger partial charge >= 0.3 is 10.7 Å². The van der Waals surface area contributed by atoms with Gasteiger partial charge in [-0.2, -0.15) is 0 Å². The van der Waals surface area contributed by atoms with Crippen LogP contribution in [0.4, 0.5) is 5.82 Å². The Bertz CT molecular complexity index is 1020. The summed E-state index contributed by atoms with van der Waals surface area (Å²) in [6, 6.07) is 8.61. The van der Waals surface area contributed by atoms with Crippen molar-refractivity contribution in [2.75, 3.05) is 0 Å². The molecule has 0 aliphatic heterocycles. The van der Waals surface area contributed by atoms with Gasteiger partial charge < -0.3 is 10.7 Å². The number of carbonyl (C=O) groups excluding carboxylic acids is 1. The smallest absolute Gasteiger partial charge is 0.320 e. The third-order valence-corrected chi connectivity index (χ3v) is 4.51. The topological polar surface area (TPSA) is 102 Å². The molecule has 2 heterocycles. The molecule has 2 aromatic heterocycles. The number of allylic oxidation sites excluding steroid dienone is 2. The molecule has 0 saturated heterocycles. The van der Waals surface area contributed by atoms with E-state index in [1.54, 1.807) is 30.5 Å². The SMILES string of the molecule is NC(=CC=Nc1ccc(Br)c[nH+]1)C(=O)c1ccc2[nH]c(=O)sc2c1. The number of benzene rings is 1. The van der Waals surface area contributed by atoms with Gasteiger partial charge in [0.15, 0.2) is 0 Å². The van der Waals surface area contributed by atoms with Gasteiger partial charge in [0.1, 0.15) is 12.4 Å². The number of carbonyl (C=O) groups is 1. The number of rotatable bonds is 4. The quantitative estimate of drug-likeness (QED) is 0.397. The van der Waals surface area contributed by atoms with Crippen molar-refractivity contribution in [3.63, 3.8) is 0 Å². The number of aromatic nitrogens is 2. The largest absolute Gasteiger partial charge is 0.395 e. The Labute approximate surface area is 148 Å². The van der Waals surface area contributed by atoms with E-state index in [1.165, 1.54) is 12.3 Å². The van der Waals surface area contributed by atoms with E-state index in [4.69, 9.17) is 5.73 Å². The summed E-state index contributed by atoms with van der Waals surface area (Å²) >= 11 is 4.37. The third-order valence-electron chi connectivity index (χ3n) is 3.17.